The minimum atomic E-state index is -0.134. The van der Waals surface area contributed by atoms with E-state index in [-0.39, 0.29) is 24.2 Å². The van der Waals surface area contributed by atoms with Gasteiger partial charge in [0.05, 0.1) is 12.1 Å². The van der Waals surface area contributed by atoms with Gasteiger partial charge in [0.2, 0.25) is 5.91 Å². The van der Waals surface area contributed by atoms with Crippen LogP contribution in [-0.2, 0) is 11.2 Å². The number of imidazole rings is 1. The number of likely N-dealkylation sites (tertiary alicyclic amines) is 1. The second kappa shape index (κ2) is 11.7. The van der Waals surface area contributed by atoms with Crippen LogP contribution in [0.2, 0.25) is 0 Å². The molecule has 2 atom stereocenters. The van der Waals surface area contributed by atoms with Crippen LogP contribution in [0.4, 0.5) is 0 Å². The fraction of sp³-hybridized carbons (Fsp3) is 0.483. The molecule has 1 aromatic carbocycles. The Hall–Kier alpha value is -3.19. The lowest BCUT2D eigenvalue weighted by Gasteiger charge is -2.36. The van der Waals surface area contributed by atoms with Crippen molar-refractivity contribution in [3.63, 3.8) is 0 Å². The number of fused-ring (bicyclic) bond motifs is 1. The highest BCUT2D eigenvalue weighted by molar-refractivity contribution is 5.93. The van der Waals surface area contributed by atoms with Crippen LogP contribution in [0.3, 0.4) is 0 Å². The molecule has 7 heteroatoms. The maximum Gasteiger partial charge on any atom is 0.268 e. The predicted molar refractivity (Wildman–Crippen MR) is 143 cm³/mol. The van der Waals surface area contributed by atoms with Gasteiger partial charge in [0.1, 0.15) is 11.3 Å². The topological polar surface area (TPSA) is 70.0 Å². The van der Waals surface area contributed by atoms with E-state index in [9.17, 15) is 9.59 Å². The van der Waals surface area contributed by atoms with E-state index < -0.39 is 0 Å². The van der Waals surface area contributed by atoms with Crippen LogP contribution >= 0.6 is 0 Å². The third-order valence-corrected chi connectivity index (χ3v) is 7.12. The molecule has 7 nitrogen and oxygen atoms in total. The Balaban J connectivity index is 1.45. The Kier molecular flexibility index (Phi) is 8.41. The third-order valence-electron chi connectivity index (χ3n) is 7.12. The average molecular weight is 490 g/mol. The lowest BCUT2D eigenvalue weighted by Crippen LogP contribution is -2.47. The number of hydrogen-bond donors (Lipinski definition) is 1. The van der Waals surface area contributed by atoms with Gasteiger partial charge in [-0.25, -0.2) is 4.98 Å². The van der Waals surface area contributed by atoms with Gasteiger partial charge in [-0.3, -0.25) is 14.0 Å². The summed E-state index contributed by atoms with van der Waals surface area (Å²) in [6.45, 7) is 6.53. The van der Waals surface area contributed by atoms with E-state index in [1.54, 1.807) is 4.40 Å². The Morgan fingerprint density at radius 3 is 2.61 bits per heavy atom. The summed E-state index contributed by atoms with van der Waals surface area (Å²) in [7, 11) is 4.14. The van der Waals surface area contributed by atoms with Gasteiger partial charge >= 0.3 is 0 Å². The second-order valence-corrected chi connectivity index (χ2v) is 10.6. The summed E-state index contributed by atoms with van der Waals surface area (Å²) in [5.74, 6) is 0.735. The van der Waals surface area contributed by atoms with Crippen molar-refractivity contribution in [3.05, 3.63) is 71.7 Å². The summed E-state index contributed by atoms with van der Waals surface area (Å²) in [6, 6.07) is 16.3. The van der Waals surface area contributed by atoms with Gasteiger partial charge in [-0.05, 0) is 57.0 Å². The lowest BCUT2D eigenvalue weighted by atomic mass is 9.90. The van der Waals surface area contributed by atoms with Gasteiger partial charge in [0.25, 0.3) is 5.91 Å². The number of aromatic nitrogens is 2. The van der Waals surface area contributed by atoms with Crippen molar-refractivity contribution in [1.82, 2.24) is 24.5 Å². The van der Waals surface area contributed by atoms with Crippen molar-refractivity contribution in [2.24, 2.45) is 5.92 Å². The first-order valence-corrected chi connectivity index (χ1v) is 13.1. The van der Waals surface area contributed by atoms with Crippen molar-refractivity contribution >= 4 is 17.5 Å². The molecule has 0 bridgehead atoms. The summed E-state index contributed by atoms with van der Waals surface area (Å²) >= 11 is 0. The van der Waals surface area contributed by atoms with Crippen molar-refractivity contribution in [2.45, 2.75) is 51.5 Å². The summed E-state index contributed by atoms with van der Waals surface area (Å²) in [5.41, 5.74) is 3.13. The lowest BCUT2D eigenvalue weighted by molar-refractivity contribution is -0.132. The molecule has 1 N–H and O–H groups in total. The summed E-state index contributed by atoms with van der Waals surface area (Å²) in [6.07, 6.45) is 5.21. The van der Waals surface area contributed by atoms with Gasteiger partial charge in [0, 0.05) is 37.8 Å². The molecule has 192 valence electrons. The molecule has 3 heterocycles. The number of likely N-dealkylation sites (N-methyl/N-ethyl adjacent to an activating group) is 1. The molecule has 1 aliphatic heterocycles. The molecular weight excluding hydrogens is 450 g/mol. The molecule has 1 fully saturated rings. The minimum absolute atomic E-state index is 0.0929. The molecule has 0 radical (unpaired) electrons. The molecule has 3 aromatic rings. The highest BCUT2D eigenvalue weighted by Gasteiger charge is 2.25. The van der Waals surface area contributed by atoms with E-state index in [4.69, 9.17) is 0 Å². The maximum absolute atomic E-state index is 13.2. The van der Waals surface area contributed by atoms with E-state index >= 15 is 0 Å². The zero-order valence-electron chi connectivity index (χ0n) is 22.0. The van der Waals surface area contributed by atoms with Crippen LogP contribution in [0.5, 0.6) is 0 Å². The number of carbonyl (C=O) groups excluding carboxylic acids is 2. The zero-order chi connectivity index (χ0) is 25.7. The number of piperidine rings is 1. The second-order valence-electron chi connectivity index (χ2n) is 10.6. The average Bonchev–Trinajstić information content (AvgIpc) is 3.29. The normalized spacial score (nSPS) is 17.1. The zero-order valence-corrected chi connectivity index (χ0v) is 22.0. The van der Waals surface area contributed by atoms with Crippen LogP contribution in [-0.4, -0.2) is 70.8 Å². The first-order valence-electron chi connectivity index (χ1n) is 13.1. The van der Waals surface area contributed by atoms with Gasteiger partial charge < -0.3 is 15.1 Å². The first kappa shape index (κ1) is 25.9. The molecule has 0 spiro atoms. The molecule has 2 unspecified atom stereocenters. The van der Waals surface area contributed by atoms with E-state index in [0.717, 1.165) is 32.4 Å². The maximum atomic E-state index is 13.2. The summed E-state index contributed by atoms with van der Waals surface area (Å²) in [4.78, 5) is 35.0. The quantitative estimate of drug-likeness (QED) is 0.494. The van der Waals surface area contributed by atoms with Crippen molar-refractivity contribution in [3.8, 4) is 0 Å². The minimum Gasteiger partial charge on any atom is -0.350 e. The van der Waals surface area contributed by atoms with Crippen molar-refractivity contribution in [2.75, 3.05) is 33.7 Å². The molecule has 4 rings (SSSR count). The van der Waals surface area contributed by atoms with Gasteiger partial charge in [-0.15, -0.1) is 0 Å². The van der Waals surface area contributed by atoms with Crippen LogP contribution in [0, 0.1) is 5.92 Å². The van der Waals surface area contributed by atoms with Crippen LogP contribution in [0.15, 0.2) is 54.7 Å². The largest absolute Gasteiger partial charge is 0.350 e. The van der Waals surface area contributed by atoms with Crippen molar-refractivity contribution < 1.29 is 9.59 Å². The van der Waals surface area contributed by atoms with Crippen LogP contribution in [0.1, 0.15) is 60.8 Å². The molecular formula is C29H39N5O2. The monoisotopic (exact) mass is 489 g/mol. The van der Waals surface area contributed by atoms with Gasteiger partial charge in [-0.2, -0.15) is 0 Å². The highest BCUT2D eigenvalue weighted by Crippen LogP contribution is 2.23. The number of benzene rings is 1. The summed E-state index contributed by atoms with van der Waals surface area (Å²) < 4.78 is 1.80. The van der Waals surface area contributed by atoms with E-state index in [1.807, 2.05) is 47.5 Å². The number of hydrogen-bond acceptors (Lipinski definition) is 4. The van der Waals surface area contributed by atoms with E-state index in [2.05, 4.69) is 55.3 Å². The van der Waals surface area contributed by atoms with Crippen LogP contribution in [0.25, 0.3) is 5.65 Å². The van der Waals surface area contributed by atoms with E-state index in [0.29, 0.717) is 35.5 Å². The number of nitrogens with zero attached hydrogens (tertiary/aromatic N) is 4. The Bertz CT molecular complexity index is 1170. The molecule has 0 saturated carbocycles. The molecule has 36 heavy (non-hydrogen) atoms. The number of pyridine rings is 1. The number of amides is 2. The number of carbonyl (C=O) groups is 2. The van der Waals surface area contributed by atoms with Gasteiger partial charge in [0.15, 0.2) is 0 Å². The first-order chi connectivity index (χ1) is 17.3. The molecule has 1 aliphatic rings. The standard InChI is InChI=1S/C29H39N5O2/c1-21(2)16-23(22-10-6-5-7-11-22)18-30-29(36)26-13-8-14-27-31-24(19-34(26)27)17-28(35)33-15-9-12-25(20-33)32(3)4/h5-8,10-11,13-14,19,21,23,25H,9,12,15-18,20H2,1-4H3,(H,30,36). The fourth-order valence-corrected chi connectivity index (χ4v) is 5.14. The molecule has 2 aromatic heterocycles. The smallest absolute Gasteiger partial charge is 0.268 e. The summed E-state index contributed by atoms with van der Waals surface area (Å²) in [5, 5.41) is 3.14. The molecule has 1 saturated heterocycles. The molecule has 2 amide bonds. The predicted octanol–water partition coefficient (Wildman–Crippen LogP) is 3.99. The van der Waals surface area contributed by atoms with Gasteiger partial charge in [-0.1, -0.05) is 50.2 Å². The Morgan fingerprint density at radius 2 is 1.89 bits per heavy atom. The number of nitrogens with one attached hydrogen (secondary N) is 1. The SMILES string of the molecule is CC(C)CC(CNC(=O)c1cccc2nc(CC(=O)N3CCCC(N(C)C)C3)cn12)c1ccccc1. The number of rotatable bonds is 9. The molecule has 0 aliphatic carbocycles. The van der Waals surface area contributed by atoms with Crippen molar-refractivity contribution in [1.29, 1.82) is 0 Å². The third kappa shape index (κ3) is 6.32. The Labute approximate surface area is 214 Å². The fourth-order valence-electron chi connectivity index (χ4n) is 5.14. The highest BCUT2D eigenvalue weighted by atomic mass is 16.2. The Morgan fingerprint density at radius 1 is 1.11 bits per heavy atom. The van der Waals surface area contributed by atoms with Crippen LogP contribution < -0.4 is 5.32 Å². The van der Waals surface area contributed by atoms with E-state index in [1.165, 1.54) is 5.56 Å².